The Morgan fingerprint density at radius 2 is 1.88 bits per heavy atom. The highest BCUT2D eigenvalue weighted by Gasteiger charge is 2.18. The molecular weight excluding hydrogens is 210 g/mol. The molecule has 2 rings (SSSR count). The fraction of sp³-hybridized carbons (Fsp3) is 0.286. The third-order valence-corrected chi connectivity index (χ3v) is 2.85. The van der Waals surface area contributed by atoms with Gasteiger partial charge in [0.05, 0.1) is 5.69 Å². The predicted octanol–water partition coefficient (Wildman–Crippen LogP) is 2.50. The summed E-state index contributed by atoms with van der Waals surface area (Å²) in [6.45, 7) is 5.08. The number of hydrogen-bond donors (Lipinski definition) is 1. The van der Waals surface area contributed by atoms with Crippen LogP contribution in [-0.4, -0.2) is 9.97 Å². The van der Waals surface area contributed by atoms with Gasteiger partial charge in [-0.25, -0.2) is 9.97 Å². The average Bonchev–Trinajstić information content (AvgIpc) is 2.39. The minimum absolute atomic E-state index is 0.0633. The summed E-state index contributed by atoms with van der Waals surface area (Å²) in [6.07, 6.45) is 3.34. The molecule has 1 aromatic carbocycles. The van der Waals surface area contributed by atoms with Gasteiger partial charge in [0, 0.05) is 18.3 Å². The van der Waals surface area contributed by atoms with Crippen LogP contribution in [0.5, 0.6) is 0 Å². The lowest BCUT2D eigenvalue weighted by molar-refractivity contribution is 0.398. The number of nitrogens with zero attached hydrogens (tertiary/aromatic N) is 2. The summed E-state index contributed by atoms with van der Waals surface area (Å²) < 4.78 is 0. The molecule has 0 unspecified atom stereocenters. The normalized spacial score (nSPS) is 11.4. The zero-order chi connectivity index (χ0) is 12.1. The standard InChI is InChI=1S/C14H17N3/c1-14(2,12-6-4-3-5-7-12)17-10-13-8-9-15-11-16-13/h3-9,11,17H,10H2,1-2H3. The van der Waals surface area contributed by atoms with Crippen LogP contribution in [-0.2, 0) is 12.1 Å². The molecule has 0 fully saturated rings. The van der Waals surface area contributed by atoms with E-state index in [0.29, 0.717) is 0 Å². The van der Waals surface area contributed by atoms with Gasteiger partial charge < -0.3 is 5.32 Å². The molecule has 0 amide bonds. The van der Waals surface area contributed by atoms with Crippen molar-refractivity contribution < 1.29 is 0 Å². The van der Waals surface area contributed by atoms with Crippen molar-refractivity contribution in [3.63, 3.8) is 0 Å². The summed E-state index contributed by atoms with van der Waals surface area (Å²) in [5.41, 5.74) is 2.21. The first-order chi connectivity index (χ1) is 8.18. The first kappa shape index (κ1) is 11.7. The SMILES string of the molecule is CC(C)(NCc1ccncn1)c1ccccc1. The third kappa shape index (κ3) is 3.11. The molecule has 0 radical (unpaired) electrons. The van der Waals surface area contributed by atoms with Gasteiger partial charge in [0.25, 0.3) is 0 Å². The Bertz CT molecular complexity index is 451. The second kappa shape index (κ2) is 5.06. The largest absolute Gasteiger partial charge is 0.302 e. The van der Waals surface area contributed by atoms with Gasteiger partial charge in [-0.3, -0.25) is 0 Å². The van der Waals surface area contributed by atoms with Gasteiger partial charge in [0.1, 0.15) is 6.33 Å². The molecule has 1 N–H and O–H groups in total. The van der Waals surface area contributed by atoms with Crippen molar-refractivity contribution >= 4 is 0 Å². The lowest BCUT2D eigenvalue weighted by atomic mass is 9.94. The van der Waals surface area contributed by atoms with Gasteiger partial charge in [-0.15, -0.1) is 0 Å². The molecule has 3 nitrogen and oxygen atoms in total. The number of benzene rings is 1. The number of aromatic nitrogens is 2. The Hall–Kier alpha value is -1.74. The Labute approximate surface area is 102 Å². The molecule has 88 valence electrons. The topological polar surface area (TPSA) is 37.8 Å². The van der Waals surface area contributed by atoms with E-state index >= 15 is 0 Å². The Balaban J connectivity index is 2.03. The lowest BCUT2D eigenvalue weighted by Gasteiger charge is -2.26. The maximum atomic E-state index is 4.20. The van der Waals surface area contributed by atoms with Crippen molar-refractivity contribution in [2.75, 3.05) is 0 Å². The van der Waals surface area contributed by atoms with Crippen molar-refractivity contribution in [2.45, 2.75) is 25.9 Å². The van der Waals surface area contributed by atoms with E-state index < -0.39 is 0 Å². The van der Waals surface area contributed by atoms with Gasteiger partial charge in [-0.1, -0.05) is 30.3 Å². The maximum absolute atomic E-state index is 4.20. The van der Waals surface area contributed by atoms with E-state index in [4.69, 9.17) is 0 Å². The van der Waals surface area contributed by atoms with Crippen molar-refractivity contribution in [1.29, 1.82) is 0 Å². The van der Waals surface area contributed by atoms with Crippen LogP contribution in [0.25, 0.3) is 0 Å². The van der Waals surface area contributed by atoms with Crippen LogP contribution in [0.2, 0.25) is 0 Å². The highest BCUT2D eigenvalue weighted by atomic mass is 15.0. The van der Waals surface area contributed by atoms with E-state index in [0.717, 1.165) is 12.2 Å². The Morgan fingerprint density at radius 1 is 1.12 bits per heavy atom. The first-order valence-corrected chi connectivity index (χ1v) is 5.74. The molecule has 0 aliphatic rings. The summed E-state index contributed by atoms with van der Waals surface area (Å²) in [7, 11) is 0. The molecular formula is C14H17N3. The summed E-state index contributed by atoms with van der Waals surface area (Å²) in [5, 5.41) is 3.50. The number of hydrogen-bond acceptors (Lipinski definition) is 3. The van der Waals surface area contributed by atoms with Crippen LogP contribution >= 0.6 is 0 Å². The van der Waals surface area contributed by atoms with Crippen LogP contribution in [0, 0.1) is 0 Å². The molecule has 0 saturated heterocycles. The maximum Gasteiger partial charge on any atom is 0.115 e. The Morgan fingerprint density at radius 3 is 2.53 bits per heavy atom. The van der Waals surface area contributed by atoms with E-state index in [1.807, 2.05) is 12.1 Å². The van der Waals surface area contributed by atoms with Crippen LogP contribution in [0.3, 0.4) is 0 Å². The minimum Gasteiger partial charge on any atom is -0.302 e. The van der Waals surface area contributed by atoms with E-state index in [1.165, 1.54) is 5.56 Å². The highest BCUT2D eigenvalue weighted by molar-refractivity contribution is 5.22. The van der Waals surface area contributed by atoms with Gasteiger partial charge in [0.2, 0.25) is 0 Å². The molecule has 0 aliphatic carbocycles. The van der Waals surface area contributed by atoms with Crippen LogP contribution < -0.4 is 5.32 Å². The number of nitrogens with one attached hydrogen (secondary N) is 1. The van der Waals surface area contributed by atoms with Crippen molar-refractivity contribution in [2.24, 2.45) is 0 Å². The monoisotopic (exact) mass is 227 g/mol. The quantitative estimate of drug-likeness (QED) is 0.872. The molecule has 0 spiro atoms. The van der Waals surface area contributed by atoms with Crippen LogP contribution in [0.4, 0.5) is 0 Å². The van der Waals surface area contributed by atoms with Crippen LogP contribution in [0.15, 0.2) is 48.9 Å². The lowest BCUT2D eigenvalue weighted by Crippen LogP contribution is -2.36. The van der Waals surface area contributed by atoms with E-state index in [2.05, 4.69) is 53.4 Å². The molecule has 1 aromatic heterocycles. The van der Waals surface area contributed by atoms with Gasteiger partial charge in [-0.05, 0) is 25.5 Å². The molecule has 17 heavy (non-hydrogen) atoms. The second-order valence-corrected chi connectivity index (χ2v) is 4.55. The zero-order valence-corrected chi connectivity index (χ0v) is 10.2. The second-order valence-electron chi connectivity index (χ2n) is 4.55. The fourth-order valence-corrected chi connectivity index (χ4v) is 1.69. The molecule has 2 aromatic rings. The van der Waals surface area contributed by atoms with E-state index in [9.17, 15) is 0 Å². The third-order valence-electron chi connectivity index (χ3n) is 2.85. The van der Waals surface area contributed by atoms with E-state index in [-0.39, 0.29) is 5.54 Å². The fourth-order valence-electron chi connectivity index (χ4n) is 1.69. The molecule has 0 saturated carbocycles. The Kier molecular flexibility index (Phi) is 3.49. The first-order valence-electron chi connectivity index (χ1n) is 5.74. The zero-order valence-electron chi connectivity index (χ0n) is 10.2. The van der Waals surface area contributed by atoms with Gasteiger partial charge in [-0.2, -0.15) is 0 Å². The molecule has 1 heterocycles. The highest BCUT2D eigenvalue weighted by Crippen LogP contribution is 2.19. The van der Waals surface area contributed by atoms with Crippen molar-refractivity contribution in [1.82, 2.24) is 15.3 Å². The summed E-state index contributed by atoms with van der Waals surface area (Å²) in [6, 6.07) is 12.3. The molecule has 0 atom stereocenters. The van der Waals surface area contributed by atoms with Gasteiger partial charge >= 0.3 is 0 Å². The molecule has 0 bridgehead atoms. The molecule has 0 aliphatic heterocycles. The smallest absolute Gasteiger partial charge is 0.115 e. The number of rotatable bonds is 4. The summed E-state index contributed by atoms with van der Waals surface area (Å²) in [5.74, 6) is 0. The minimum atomic E-state index is -0.0633. The van der Waals surface area contributed by atoms with Gasteiger partial charge in [0.15, 0.2) is 0 Å². The average molecular weight is 227 g/mol. The van der Waals surface area contributed by atoms with Crippen LogP contribution in [0.1, 0.15) is 25.1 Å². The van der Waals surface area contributed by atoms with Crippen molar-refractivity contribution in [3.8, 4) is 0 Å². The summed E-state index contributed by atoms with van der Waals surface area (Å²) >= 11 is 0. The van der Waals surface area contributed by atoms with E-state index in [1.54, 1.807) is 12.5 Å². The van der Waals surface area contributed by atoms with Crippen molar-refractivity contribution in [3.05, 3.63) is 60.2 Å². The predicted molar refractivity (Wildman–Crippen MR) is 68.3 cm³/mol. The summed E-state index contributed by atoms with van der Waals surface area (Å²) in [4.78, 5) is 8.11. The molecule has 3 heteroatoms.